The number of carbonyl (C=O) groups excluding carboxylic acids is 1. The van der Waals surface area contributed by atoms with Crippen molar-refractivity contribution in [1.82, 2.24) is 30.2 Å². The van der Waals surface area contributed by atoms with Crippen LogP contribution < -0.4 is 5.32 Å². The molecule has 0 unspecified atom stereocenters. The van der Waals surface area contributed by atoms with Crippen LogP contribution in [0.15, 0.2) is 35.1 Å². The van der Waals surface area contributed by atoms with E-state index in [-0.39, 0.29) is 12.3 Å². The predicted octanol–water partition coefficient (Wildman–Crippen LogP) is 3.39. The van der Waals surface area contributed by atoms with Crippen molar-refractivity contribution >= 4 is 5.91 Å². The maximum Gasteiger partial charge on any atom is 0.227 e. The second-order valence-corrected chi connectivity index (χ2v) is 7.55. The summed E-state index contributed by atoms with van der Waals surface area (Å²) in [5, 5.41) is 15.2. The lowest BCUT2D eigenvalue weighted by Gasteiger charge is -2.24. The van der Waals surface area contributed by atoms with E-state index in [2.05, 4.69) is 30.2 Å². The van der Waals surface area contributed by atoms with Crippen LogP contribution >= 0.6 is 0 Å². The van der Waals surface area contributed by atoms with E-state index < -0.39 is 0 Å². The molecule has 0 atom stereocenters. The predicted molar refractivity (Wildman–Crippen MR) is 107 cm³/mol. The standard InChI is InChI=1S/C21H26N6O2/c1-15-7-5-6-10-17(15)21-24-20(29-26-21)12-11-19(28)22-13-18-25-23-14-27(18)16-8-3-2-4-9-16/h5-7,10,14,16H,2-4,8-9,11-13H2,1H3,(H,22,28). The highest BCUT2D eigenvalue weighted by atomic mass is 16.5. The van der Waals surface area contributed by atoms with Gasteiger partial charge in [0.05, 0.1) is 6.54 Å². The minimum Gasteiger partial charge on any atom is -0.349 e. The molecule has 3 aromatic rings. The van der Waals surface area contributed by atoms with Gasteiger partial charge in [-0.15, -0.1) is 10.2 Å². The molecular weight excluding hydrogens is 368 g/mol. The van der Waals surface area contributed by atoms with Crippen LogP contribution in [0, 0.1) is 6.92 Å². The first-order valence-corrected chi connectivity index (χ1v) is 10.2. The Kier molecular flexibility index (Phi) is 5.97. The van der Waals surface area contributed by atoms with Crippen LogP contribution in [-0.2, 0) is 17.8 Å². The van der Waals surface area contributed by atoms with Crippen LogP contribution in [0.3, 0.4) is 0 Å². The van der Waals surface area contributed by atoms with Crippen LogP contribution in [0.25, 0.3) is 11.4 Å². The van der Waals surface area contributed by atoms with Gasteiger partial charge >= 0.3 is 0 Å². The highest BCUT2D eigenvalue weighted by molar-refractivity contribution is 5.75. The highest BCUT2D eigenvalue weighted by Crippen LogP contribution is 2.28. The molecule has 2 aromatic heterocycles. The van der Waals surface area contributed by atoms with E-state index in [1.807, 2.05) is 31.2 Å². The van der Waals surface area contributed by atoms with Crippen molar-refractivity contribution in [2.75, 3.05) is 0 Å². The van der Waals surface area contributed by atoms with Crippen molar-refractivity contribution in [2.45, 2.75) is 64.5 Å². The van der Waals surface area contributed by atoms with Crippen LogP contribution in [0.1, 0.15) is 61.8 Å². The Labute approximate surface area is 169 Å². The van der Waals surface area contributed by atoms with Crippen molar-refractivity contribution in [3.63, 3.8) is 0 Å². The average Bonchev–Trinajstić information content (AvgIpc) is 3.41. The topological polar surface area (TPSA) is 98.7 Å². The SMILES string of the molecule is Cc1ccccc1-c1noc(CCC(=O)NCc2nncn2C2CCCCC2)n1. The minimum atomic E-state index is -0.0705. The van der Waals surface area contributed by atoms with E-state index in [0.29, 0.717) is 30.7 Å². The van der Waals surface area contributed by atoms with E-state index in [9.17, 15) is 4.79 Å². The summed E-state index contributed by atoms with van der Waals surface area (Å²) in [6.07, 6.45) is 8.55. The molecule has 1 aliphatic carbocycles. The largest absolute Gasteiger partial charge is 0.349 e. The summed E-state index contributed by atoms with van der Waals surface area (Å²) in [7, 11) is 0. The summed E-state index contributed by atoms with van der Waals surface area (Å²) in [5.41, 5.74) is 2.02. The lowest BCUT2D eigenvalue weighted by atomic mass is 9.95. The Morgan fingerprint density at radius 2 is 2.07 bits per heavy atom. The number of hydrogen-bond acceptors (Lipinski definition) is 6. The third-order valence-electron chi connectivity index (χ3n) is 5.48. The van der Waals surface area contributed by atoms with Crippen LogP contribution in [0.4, 0.5) is 0 Å². The smallest absolute Gasteiger partial charge is 0.227 e. The summed E-state index contributed by atoms with van der Waals surface area (Å²) in [4.78, 5) is 16.7. The van der Waals surface area contributed by atoms with E-state index in [1.165, 1.54) is 19.3 Å². The molecule has 0 saturated heterocycles. The molecular formula is C21H26N6O2. The molecule has 152 valence electrons. The molecule has 1 saturated carbocycles. The van der Waals surface area contributed by atoms with Gasteiger partial charge in [0.25, 0.3) is 0 Å². The summed E-state index contributed by atoms with van der Waals surface area (Å²) in [5.74, 6) is 1.76. The Morgan fingerprint density at radius 3 is 2.90 bits per heavy atom. The average molecular weight is 394 g/mol. The molecule has 1 aromatic carbocycles. The van der Waals surface area contributed by atoms with Crippen LogP contribution in [0.5, 0.6) is 0 Å². The van der Waals surface area contributed by atoms with Gasteiger partial charge in [0.1, 0.15) is 6.33 Å². The molecule has 0 aliphatic heterocycles. The molecule has 0 radical (unpaired) electrons. The van der Waals surface area contributed by atoms with Crippen LogP contribution in [0.2, 0.25) is 0 Å². The van der Waals surface area contributed by atoms with E-state index in [4.69, 9.17) is 4.52 Å². The molecule has 1 fully saturated rings. The summed E-state index contributed by atoms with van der Waals surface area (Å²) < 4.78 is 7.42. The van der Waals surface area contributed by atoms with Crippen molar-refractivity contribution in [3.8, 4) is 11.4 Å². The zero-order valence-electron chi connectivity index (χ0n) is 16.7. The van der Waals surface area contributed by atoms with Gasteiger partial charge < -0.3 is 14.4 Å². The lowest BCUT2D eigenvalue weighted by molar-refractivity contribution is -0.121. The zero-order valence-corrected chi connectivity index (χ0v) is 16.7. The van der Waals surface area contributed by atoms with Gasteiger partial charge in [0.15, 0.2) is 5.82 Å². The Morgan fingerprint density at radius 1 is 1.24 bits per heavy atom. The van der Waals surface area contributed by atoms with Crippen molar-refractivity contribution in [1.29, 1.82) is 0 Å². The van der Waals surface area contributed by atoms with Gasteiger partial charge in [0, 0.05) is 24.4 Å². The lowest BCUT2D eigenvalue weighted by Crippen LogP contribution is -2.26. The Hall–Kier alpha value is -3.03. The molecule has 0 spiro atoms. The van der Waals surface area contributed by atoms with Gasteiger partial charge in [-0.1, -0.05) is 48.7 Å². The second-order valence-electron chi connectivity index (χ2n) is 7.55. The maximum atomic E-state index is 12.3. The number of benzene rings is 1. The van der Waals surface area contributed by atoms with Gasteiger partial charge in [-0.3, -0.25) is 4.79 Å². The first-order chi connectivity index (χ1) is 14.2. The molecule has 8 heteroatoms. The molecule has 4 rings (SSSR count). The third kappa shape index (κ3) is 4.70. The first kappa shape index (κ1) is 19.3. The Balaban J connectivity index is 1.28. The zero-order chi connectivity index (χ0) is 20.1. The van der Waals surface area contributed by atoms with Crippen molar-refractivity contribution in [2.24, 2.45) is 0 Å². The number of nitrogens with zero attached hydrogens (tertiary/aromatic N) is 5. The van der Waals surface area contributed by atoms with E-state index in [0.717, 1.165) is 29.8 Å². The van der Waals surface area contributed by atoms with E-state index in [1.54, 1.807) is 6.33 Å². The molecule has 29 heavy (non-hydrogen) atoms. The second kappa shape index (κ2) is 8.98. The molecule has 8 nitrogen and oxygen atoms in total. The van der Waals surface area contributed by atoms with Gasteiger partial charge in [-0.2, -0.15) is 4.98 Å². The summed E-state index contributed by atoms with van der Waals surface area (Å²) in [6, 6.07) is 8.32. The van der Waals surface area contributed by atoms with Crippen molar-refractivity contribution < 1.29 is 9.32 Å². The third-order valence-corrected chi connectivity index (χ3v) is 5.48. The quantitative estimate of drug-likeness (QED) is 0.659. The minimum absolute atomic E-state index is 0.0705. The molecule has 1 amide bonds. The Bertz CT molecular complexity index is 957. The molecule has 1 N–H and O–H groups in total. The number of aryl methyl sites for hydroxylation is 2. The first-order valence-electron chi connectivity index (χ1n) is 10.2. The maximum absolute atomic E-state index is 12.3. The summed E-state index contributed by atoms with van der Waals surface area (Å²) in [6.45, 7) is 2.39. The van der Waals surface area contributed by atoms with E-state index >= 15 is 0 Å². The summed E-state index contributed by atoms with van der Waals surface area (Å²) >= 11 is 0. The van der Waals surface area contributed by atoms with Crippen molar-refractivity contribution in [3.05, 3.63) is 47.9 Å². The fraction of sp³-hybridized carbons (Fsp3) is 0.476. The fourth-order valence-corrected chi connectivity index (χ4v) is 3.83. The van der Waals surface area contributed by atoms with Gasteiger partial charge in [-0.25, -0.2) is 0 Å². The fourth-order valence-electron chi connectivity index (χ4n) is 3.83. The van der Waals surface area contributed by atoms with Gasteiger partial charge in [0.2, 0.25) is 17.6 Å². The number of amides is 1. The van der Waals surface area contributed by atoms with Gasteiger partial charge in [-0.05, 0) is 25.3 Å². The molecule has 0 bridgehead atoms. The number of nitrogens with one attached hydrogen (secondary N) is 1. The number of rotatable bonds is 7. The van der Waals surface area contributed by atoms with Crippen LogP contribution in [-0.4, -0.2) is 30.8 Å². The monoisotopic (exact) mass is 394 g/mol. The number of hydrogen-bond donors (Lipinski definition) is 1. The molecule has 2 heterocycles. The number of aromatic nitrogens is 5. The molecule has 1 aliphatic rings. The normalized spacial score (nSPS) is 14.8. The highest BCUT2D eigenvalue weighted by Gasteiger charge is 2.19. The number of carbonyl (C=O) groups is 1.